The predicted molar refractivity (Wildman–Crippen MR) is 71.1 cm³/mol. The summed E-state index contributed by atoms with van der Waals surface area (Å²) in [7, 11) is 0. The lowest BCUT2D eigenvalue weighted by molar-refractivity contribution is 0.0692. The number of carbonyl (C=O) groups is 3. The standard InChI is InChI=1S/C15H9NO4/c16-10-6-2-4-8-12(10)14(18)11-7(13(8)17)3-1-5-9(11)15(19)20/h1-6H,16H2,(H,19,20). The average Bonchev–Trinajstić information content (AvgIpc) is 2.43. The second-order valence-electron chi connectivity index (χ2n) is 4.46. The first-order chi connectivity index (χ1) is 9.52. The normalized spacial score (nSPS) is 12.8. The molecule has 0 radical (unpaired) electrons. The molecule has 20 heavy (non-hydrogen) atoms. The number of nitrogens with two attached hydrogens (primary N) is 1. The van der Waals surface area contributed by atoms with Crippen molar-refractivity contribution in [3.05, 3.63) is 64.2 Å². The summed E-state index contributed by atoms with van der Waals surface area (Å²) in [6.07, 6.45) is 0. The molecule has 3 N–H and O–H groups in total. The van der Waals surface area contributed by atoms with Gasteiger partial charge in [0.05, 0.1) is 11.1 Å². The largest absolute Gasteiger partial charge is 0.478 e. The van der Waals surface area contributed by atoms with Gasteiger partial charge >= 0.3 is 5.97 Å². The molecule has 0 saturated heterocycles. The summed E-state index contributed by atoms with van der Waals surface area (Å²) in [5, 5.41) is 9.17. The highest BCUT2D eigenvalue weighted by molar-refractivity contribution is 6.31. The third-order valence-corrected chi connectivity index (χ3v) is 3.33. The molecule has 5 heteroatoms. The summed E-state index contributed by atoms with van der Waals surface area (Å²) in [6, 6.07) is 8.82. The number of nitrogen functional groups attached to an aromatic ring is 1. The van der Waals surface area contributed by atoms with E-state index in [2.05, 4.69) is 0 Å². The molecule has 0 bridgehead atoms. The SMILES string of the molecule is Nc1cccc2c1C(=O)c1c(C(=O)O)cccc1C2=O. The number of hydrogen-bond acceptors (Lipinski definition) is 4. The Hall–Kier alpha value is -2.95. The van der Waals surface area contributed by atoms with Gasteiger partial charge in [-0.15, -0.1) is 0 Å². The Balaban J connectivity index is 2.39. The minimum absolute atomic E-state index is 0.0821. The average molecular weight is 267 g/mol. The lowest BCUT2D eigenvalue weighted by Gasteiger charge is -2.20. The van der Waals surface area contributed by atoms with Crippen molar-refractivity contribution in [1.29, 1.82) is 0 Å². The predicted octanol–water partition coefficient (Wildman–Crippen LogP) is 1.74. The molecular formula is C15H9NO4. The Morgan fingerprint density at radius 2 is 1.50 bits per heavy atom. The van der Waals surface area contributed by atoms with E-state index in [1.165, 1.54) is 30.3 Å². The van der Waals surface area contributed by atoms with Crippen molar-refractivity contribution < 1.29 is 19.5 Å². The van der Waals surface area contributed by atoms with Crippen molar-refractivity contribution in [3.8, 4) is 0 Å². The van der Waals surface area contributed by atoms with Crippen molar-refractivity contribution in [1.82, 2.24) is 0 Å². The van der Waals surface area contributed by atoms with Crippen LogP contribution in [-0.4, -0.2) is 22.6 Å². The monoisotopic (exact) mass is 267 g/mol. The van der Waals surface area contributed by atoms with Gasteiger partial charge in [0.1, 0.15) is 0 Å². The van der Waals surface area contributed by atoms with Crippen LogP contribution in [0, 0.1) is 0 Å². The Morgan fingerprint density at radius 3 is 2.15 bits per heavy atom. The van der Waals surface area contributed by atoms with E-state index in [9.17, 15) is 14.4 Å². The fourth-order valence-corrected chi connectivity index (χ4v) is 2.45. The maximum atomic E-state index is 12.5. The Labute approximate surface area is 113 Å². The van der Waals surface area contributed by atoms with Crippen LogP contribution in [0.1, 0.15) is 42.2 Å². The summed E-state index contributed by atoms with van der Waals surface area (Å²) in [5.41, 5.74) is 6.06. The van der Waals surface area contributed by atoms with Gasteiger partial charge in [-0.3, -0.25) is 9.59 Å². The van der Waals surface area contributed by atoms with Crippen LogP contribution in [0.2, 0.25) is 0 Å². The van der Waals surface area contributed by atoms with Gasteiger partial charge in [0, 0.05) is 22.4 Å². The second kappa shape index (κ2) is 4.03. The Bertz CT molecular complexity index is 792. The highest BCUT2D eigenvalue weighted by Gasteiger charge is 2.34. The van der Waals surface area contributed by atoms with E-state index in [1.54, 1.807) is 6.07 Å². The van der Waals surface area contributed by atoms with Crippen LogP contribution in [0.3, 0.4) is 0 Å². The third kappa shape index (κ3) is 1.46. The Kier molecular flexibility index (Phi) is 2.44. The Morgan fingerprint density at radius 1 is 0.900 bits per heavy atom. The first kappa shape index (κ1) is 12.1. The zero-order chi connectivity index (χ0) is 14.4. The smallest absolute Gasteiger partial charge is 0.336 e. The van der Waals surface area contributed by atoms with Gasteiger partial charge in [0.2, 0.25) is 0 Å². The number of carboxylic acid groups (broad SMARTS) is 1. The van der Waals surface area contributed by atoms with Gasteiger partial charge in [-0.05, 0) is 12.1 Å². The third-order valence-electron chi connectivity index (χ3n) is 3.33. The van der Waals surface area contributed by atoms with E-state index in [-0.39, 0.29) is 39.3 Å². The van der Waals surface area contributed by atoms with Crippen LogP contribution < -0.4 is 5.73 Å². The zero-order valence-corrected chi connectivity index (χ0v) is 10.2. The minimum atomic E-state index is -1.25. The number of anilines is 1. The summed E-state index contributed by atoms with van der Waals surface area (Å²) >= 11 is 0. The van der Waals surface area contributed by atoms with Crippen LogP contribution in [0.25, 0.3) is 0 Å². The molecule has 0 saturated carbocycles. The molecule has 3 rings (SSSR count). The molecule has 98 valence electrons. The van der Waals surface area contributed by atoms with E-state index in [4.69, 9.17) is 10.8 Å². The number of benzene rings is 2. The van der Waals surface area contributed by atoms with Crippen molar-refractivity contribution >= 4 is 23.2 Å². The van der Waals surface area contributed by atoms with Crippen LogP contribution in [0.15, 0.2) is 36.4 Å². The highest BCUT2D eigenvalue weighted by atomic mass is 16.4. The molecule has 5 nitrogen and oxygen atoms in total. The maximum Gasteiger partial charge on any atom is 0.336 e. The minimum Gasteiger partial charge on any atom is -0.478 e. The molecule has 1 aliphatic carbocycles. The van der Waals surface area contributed by atoms with Gasteiger partial charge < -0.3 is 10.8 Å². The number of carbonyl (C=O) groups excluding carboxylic acids is 2. The van der Waals surface area contributed by atoms with Crippen LogP contribution in [-0.2, 0) is 0 Å². The van der Waals surface area contributed by atoms with Gasteiger partial charge in [-0.25, -0.2) is 4.79 Å². The maximum absolute atomic E-state index is 12.5. The number of ketones is 2. The lowest BCUT2D eigenvalue weighted by atomic mass is 9.81. The fraction of sp³-hybridized carbons (Fsp3) is 0. The van der Waals surface area contributed by atoms with E-state index in [1.807, 2.05) is 0 Å². The van der Waals surface area contributed by atoms with Crippen molar-refractivity contribution in [3.63, 3.8) is 0 Å². The summed E-state index contributed by atoms with van der Waals surface area (Å²) in [6.45, 7) is 0. The first-order valence-corrected chi connectivity index (χ1v) is 5.86. The number of rotatable bonds is 1. The summed E-state index contributed by atoms with van der Waals surface area (Å²) < 4.78 is 0. The molecule has 0 fully saturated rings. The number of aromatic carboxylic acids is 1. The van der Waals surface area contributed by atoms with E-state index >= 15 is 0 Å². The van der Waals surface area contributed by atoms with Gasteiger partial charge in [-0.1, -0.05) is 24.3 Å². The number of carboxylic acids is 1. The molecule has 2 aromatic carbocycles. The van der Waals surface area contributed by atoms with Crippen molar-refractivity contribution in [2.45, 2.75) is 0 Å². The van der Waals surface area contributed by atoms with Crippen molar-refractivity contribution in [2.24, 2.45) is 0 Å². The number of fused-ring (bicyclic) bond motifs is 2. The van der Waals surface area contributed by atoms with E-state index in [0.29, 0.717) is 0 Å². The molecule has 0 amide bonds. The highest BCUT2D eigenvalue weighted by Crippen LogP contribution is 2.32. The molecule has 0 spiro atoms. The molecule has 0 unspecified atom stereocenters. The molecule has 0 heterocycles. The topological polar surface area (TPSA) is 97.5 Å². The lowest BCUT2D eigenvalue weighted by Crippen LogP contribution is -2.25. The van der Waals surface area contributed by atoms with Crippen LogP contribution in [0.4, 0.5) is 5.69 Å². The summed E-state index contributed by atoms with van der Waals surface area (Å²) in [5.74, 6) is -2.16. The van der Waals surface area contributed by atoms with Gasteiger partial charge in [0.25, 0.3) is 0 Å². The first-order valence-electron chi connectivity index (χ1n) is 5.86. The fourth-order valence-electron chi connectivity index (χ4n) is 2.45. The summed E-state index contributed by atoms with van der Waals surface area (Å²) in [4.78, 5) is 36.1. The molecule has 0 atom stereocenters. The van der Waals surface area contributed by atoms with Crippen LogP contribution in [0.5, 0.6) is 0 Å². The molecule has 0 aromatic heterocycles. The van der Waals surface area contributed by atoms with Gasteiger partial charge in [-0.2, -0.15) is 0 Å². The molecule has 1 aliphatic rings. The van der Waals surface area contributed by atoms with Gasteiger partial charge in [0.15, 0.2) is 11.6 Å². The van der Waals surface area contributed by atoms with E-state index < -0.39 is 11.8 Å². The molecular weight excluding hydrogens is 258 g/mol. The molecule has 2 aromatic rings. The zero-order valence-electron chi connectivity index (χ0n) is 10.2. The van der Waals surface area contributed by atoms with E-state index in [0.717, 1.165) is 0 Å². The van der Waals surface area contributed by atoms with Crippen LogP contribution >= 0.6 is 0 Å². The number of hydrogen-bond donors (Lipinski definition) is 2. The second-order valence-corrected chi connectivity index (χ2v) is 4.46. The quantitative estimate of drug-likeness (QED) is 0.654. The van der Waals surface area contributed by atoms with Crippen molar-refractivity contribution in [2.75, 3.05) is 5.73 Å². The molecule has 0 aliphatic heterocycles.